The van der Waals surface area contributed by atoms with Crippen molar-refractivity contribution in [1.29, 1.82) is 0 Å². The van der Waals surface area contributed by atoms with Gasteiger partial charge in [0.1, 0.15) is 0 Å². The Morgan fingerprint density at radius 2 is 1.66 bits per heavy atom. The Bertz CT molecular complexity index is 1640. The Kier molecular flexibility index (Phi) is 12.2. The largest absolute Gasteiger partial charge is 0.499 e. The molecule has 1 saturated heterocycles. The number of nitrogens with one attached hydrogen (secondary N) is 3. The van der Waals surface area contributed by atoms with Gasteiger partial charge in [0.05, 0.1) is 16.8 Å². The third-order valence-corrected chi connectivity index (χ3v) is 11.9. The molecule has 0 spiro atoms. The number of aromatic amines is 1. The van der Waals surface area contributed by atoms with Crippen molar-refractivity contribution in [1.82, 2.24) is 19.9 Å². The Labute approximate surface area is 267 Å². The van der Waals surface area contributed by atoms with E-state index in [1.807, 2.05) is 25.3 Å². The number of H-pyrrole nitrogens is 1. The van der Waals surface area contributed by atoms with Gasteiger partial charge in [0.15, 0.2) is 0 Å². The zero-order chi connectivity index (χ0) is 31.9. The van der Waals surface area contributed by atoms with Crippen molar-refractivity contribution in [3.8, 4) is 10.4 Å². The van der Waals surface area contributed by atoms with E-state index in [2.05, 4.69) is 40.7 Å². The minimum absolute atomic E-state index is 0.132. The van der Waals surface area contributed by atoms with Crippen LogP contribution >= 0.6 is 22.7 Å². The molecule has 0 saturated carbocycles. The number of carbonyl (C=O) groups is 1. The van der Waals surface area contributed by atoms with Gasteiger partial charge in [0.25, 0.3) is 5.91 Å². The van der Waals surface area contributed by atoms with Crippen molar-refractivity contribution in [2.75, 3.05) is 31.9 Å². The molecule has 3 aromatic heterocycles. The summed E-state index contributed by atoms with van der Waals surface area (Å²) in [6, 6.07) is 11.8. The minimum Gasteiger partial charge on any atom is -0.423 e. The predicted octanol–water partition coefficient (Wildman–Crippen LogP) is 3.17. The summed E-state index contributed by atoms with van der Waals surface area (Å²) in [4.78, 5) is 19.0. The van der Waals surface area contributed by atoms with Crippen molar-refractivity contribution < 1.29 is 23.3 Å². The van der Waals surface area contributed by atoms with E-state index in [1.54, 1.807) is 28.6 Å². The molecular formula is C30H42BN5O5S3. The number of carbonyl (C=O) groups excluding carboxylic acids is 1. The first-order valence-corrected chi connectivity index (χ1v) is 18.2. The molecule has 0 atom stereocenters. The Morgan fingerprint density at radius 3 is 2.23 bits per heavy atom. The lowest BCUT2D eigenvalue weighted by atomic mass is 9.89. The molecule has 4 aromatic rings. The second kappa shape index (κ2) is 15.6. The molecule has 1 amide bonds. The molecule has 1 aliphatic rings. The topological polar surface area (TPSA) is 161 Å². The number of hydrogen-bond acceptors (Lipinski definition) is 9. The molecule has 1 aliphatic heterocycles. The van der Waals surface area contributed by atoms with Crippen LogP contribution in [0.2, 0.25) is 0 Å². The summed E-state index contributed by atoms with van der Waals surface area (Å²) in [7, 11) is -4.49. The van der Waals surface area contributed by atoms with Gasteiger partial charge in [-0.2, -0.15) is 0 Å². The van der Waals surface area contributed by atoms with E-state index in [0.717, 1.165) is 70.8 Å². The summed E-state index contributed by atoms with van der Waals surface area (Å²) in [5.74, 6) is -0.0960. The molecule has 10 nitrogen and oxygen atoms in total. The molecule has 14 heteroatoms. The fourth-order valence-electron chi connectivity index (χ4n) is 5.31. The van der Waals surface area contributed by atoms with Gasteiger partial charge in [-0.25, -0.2) is 12.7 Å². The highest BCUT2D eigenvalue weighted by Gasteiger charge is 2.29. The van der Waals surface area contributed by atoms with Crippen LogP contribution in [0, 0.1) is 0 Å². The molecular weight excluding hydrogens is 617 g/mol. The van der Waals surface area contributed by atoms with Gasteiger partial charge in [-0.05, 0) is 80.2 Å². The van der Waals surface area contributed by atoms with Gasteiger partial charge in [-0.3, -0.25) is 4.79 Å². The normalized spacial score (nSPS) is 14.5. The summed E-state index contributed by atoms with van der Waals surface area (Å²) < 4.78 is 26.6. The molecule has 1 aromatic carbocycles. The number of piperidine rings is 1. The van der Waals surface area contributed by atoms with E-state index < -0.39 is 23.0 Å². The molecule has 0 radical (unpaired) electrons. The molecule has 1 fully saturated rings. The molecule has 7 N–H and O–H groups in total. The minimum atomic E-state index is -3.16. The lowest BCUT2D eigenvalue weighted by Crippen LogP contribution is -2.38. The molecule has 0 unspecified atom stereocenters. The number of hydrogen-bond donors (Lipinski definition) is 6. The van der Waals surface area contributed by atoms with Crippen LogP contribution in [0.1, 0.15) is 65.2 Å². The number of nitrogens with zero attached hydrogens (tertiary/aromatic N) is 1. The number of amides is 1. The number of primary amides is 1. The van der Waals surface area contributed by atoms with Gasteiger partial charge in [0.2, 0.25) is 10.0 Å². The zero-order valence-corrected chi connectivity index (χ0v) is 27.9. The third kappa shape index (κ3) is 8.37. The van der Waals surface area contributed by atoms with Crippen LogP contribution in [0.5, 0.6) is 0 Å². The standard InChI is InChI=1S/C23H30N4O3S2.C7H12BNO2S/c1-3-25-13-17-5-6-21(31-17)16-11-18-20(14-26-22(18)19(12-16)23(24)28)15-7-9-27(10-8-15)32(29,30)4-2;1-2-9-5-6-3-4-7(12-6)8(10)11/h5-6,11-12,14-15,25-26H,3-4,7-10,13H2,1-2H3,(H2,24,28);3-4,9-11H,2,5H2,1H3. The van der Waals surface area contributed by atoms with Crippen LogP contribution in [-0.4, -0.2) is 72.7 Å². The monoisotopic (exact) mass is 659 g/mol. The zero-order valence-electron chi connectivity index (χ0n) is 25.4. The lowest BCUT2D eigenvalue weighted by Gasteiger charge is -2.31. The first-order chi connectivity index (χ1) is 21.1. The number of rotatable bonds is 12. The smallest absolute Gasteiger partial charge is 0.423 e. The van der Waals surface area contributed by atoms with Crippen molar-refractivity contribution in [2.45, 2.75) is 52.6 Å². The highest BCUT2D eigenvalue weighted by atomic mass is 32.2. The number of fused-ring (bicyclic) bond motifs is 1. The van der Waals surface area contributed by atoms with Gasteiger partial charge in [0, 0.05) is 57.2 Å². The maximum absolute atomic E-state index is 12.2. The predicted molar refractivity (Wildman–Crippen MR) is 182 cm³/mol. The molecule has 238 valence electrons. The SMILES string of the molecule is CCNCc1ccc(-c2cc(C(N)=O)c3[nH]cc(C4CCN(S(=O)(=O)CC)CC4)c3c2)s1.CCNCc1ccc(B(O)O)s1. The maximum atomic E-state index is 12.2. The molecule has 4 heterocycles. The van der Waals surface area contributed by atoms with Crippen molar-refractivity contribution >= 4 is 61.4 Å². The van der Waals surface area contributed by atoms with Gasteiger partial charge >= 0.3 is 7.12 Å². The van der Waals surface area contributed by atoms with Gasteiger partial charge in [-0.1, -0.05) is 19.9 Å². The maximum Gasteiger partial charge on any atom is 0.499 e. The highest BCUT2D eigenvalue weighted by Crippen LogP contribution is 2.38. The van der Waals surface area contributed by atoms with E-state index in [4.69, 9.17) is 15.8 Å². The van der Waals surface area contributed by atoms with Crippen molar-refractivity contribution in [2.24, 2.45) is 5.73 Å². The third-order valence-electron chi connectivity index (χ3n) is 7.72. The molecule has 5 rings (SSSR count). The van der Waals surface area contributed by atoms with E-state index in [-0.39, 0.29) is 11.7 Å². The van der Waals surface area contributed by atoms with Gasteiger partial charge in [-0.15, -0.1) is 22.7 Å². The number of nitrogens with two attached hydrogens (primary N) is 1. The lowest BCUT2D eigenvalue weighted by molar-refractivity contribution is 0.100. The second-order valence-corrected chi connectivity index (χ2v) is 15.3. The van der Waals surface area contributed by atoms with Crippen LogP contribution in [0.4, 0.5) is 0 Å². The first kappa shape index (κ1) is 34.3. The Balaban J connectivity index is 0.000000309. The van der Waals surface area contributed by atoms with E-state index in [1.165, 1.54) is 16.2 Å². The summed E-state index contributed by atoms with van der Waals surface area (Å²) in [5, 5.41) is 25.1. The van der Waals surface area contributed by atoms with Gasteiger partial charge < -0.3 is 31.4 Å². The van der Waals surface area contributed by atoms with E-state index >= 15 is 0 Å². The Hall–Kier alpha value is -2.56. The number of sulfonamides is 1. The fraction of sp³-hybridized carbons (Fsp3) is 0.433. The first-order valence-electron chi connectivity index (χ1n) is 15.0. The van der Waals surface area contributed by atoms with E-state index in [0.29, 0.717) is 23.4 Å². The summed E-state index contributed by atoms with van der Waals surface area (Å²) in [6.07, 6.45) is 3.48. The van der Waals surface area contributed by atoms with Crippen LogP contribution in [0.15, 0.2) is 42.6 Å². The van der Waals surface area contributed by atoms with Crippen molar-refractivity contribution in [3.63, 3.8) is 0 Å². The average Bonchev–Trinajstić information content (AvgIpc) is 3.79. The van der Waals surface area contributed by atoms with Crippen molar-refractivity contribution in [3.05, 3.63) is 63.5 Å². The van der Waals surface area contributed by atoms with Crippen LogP contribution in [0.25, 0.3) is 21.3 Å². The Morgan fingerprint density at radius 1 is 1.02 bits per heavy atom. The number of thiophene rings is 2. The summed E-state index contributed by atoms with van der Waals surface area (Å²) in [5.41, 5.74) is 9.07. The van der Waals surface area contributed by atoms with E-state index in [9.17, 15) is 13.2 Å². The highest BCUT2D eigenvalue weighted by molar-refractivity contribution is 7.89. The molecule has 0 aliphatic carbocycles. The average molecular weight is 660 g/mol. The van der Waals surface area contributed by atoms with Crippen LogP contribution in [0.3, 0.4) is 0 Å². The summed E-state index contributed by atoms with van der Waals surface area (Å²) in [6.45, 7) is 10.3. The summed E-state index contributed by atoms with van der Waals surface area (Å²) >= 11 is 3.12. The van der Waals surface area contributed by atoms with Crippen LogP contribution < -0.4 is 21.1 Å². The molecule has 0 bridgehead atoms. The van der Waals surface area contributed by atoms with Crippen LogP contribution in [-0.2, 0) is 23.1 Å². The number of benzene rings is 1. The fourth-order valence-corrected chi connectivity index (χ4v) is 8.26. The second-order valence-electron chi connectivity index (χ2n) is 10.6. The number of aromatic nitrogens is 1. The quantitative estimate of drug-likeness (QED) is 0.127. The molecule has 44 heavy (non-hydrogen) atoms.